The van der Waals surface area contributed by atoms with Crippen molar-refractivity contribution in [2.45, 2.75) is 0 Å². The van der Waals surface area contributed by atoms with Gasteiger partial charge in [0.1, 0.15) is 5.58 Å². The Hall–Kier alpha value is -6.46. The van der Waals surface area contributed by atoms with E-state index in [1.807, 2.05) is 24.3 Å². The predicted octanol–water partition coefficient (Wildman–Crippen LogP) is 10.8. The molecule has 0 amide bonds. The van der Waals surface area contributed by atoms with Crippen LogP contribution in [-0.4, -0.2) is 19.9 Å². The lowest BCUT2D eigenvalue weighted by atomic mass is 9.96. The zero-order valence-corrected chi connectivity index (χ0v) is 25.1. The average molecular weight is 601 g/mol. The summed E-state index contributed by atoms with van der Waals surface area (Å²) in [5.41, 5.74) is 4.03. The van der Waals surface area contributed by atoms with Crippen molar-refractivity contribution in [3.8, 4) is 34.2 Å². The van der Waals surface area contributed by atoms with E-state index < -0.39 is 0 Å². The Morgan fingerprint density at radius 3 is 1.83 bits per heavy atom. The summed E-state index contributed by atoms with van der Waals surface area (Å²) in [6, 6.07) is 48.5. The molecule has 0 saturated carbocycles. The Morgan fingerprint density at radius 2 is 1.00 bits per heavy atom. The third kappa shape index (κ3) is 4.10. The maximum Gasteiger partial charge on any atom is 0.228 e. The highest BCUT2D eigenvalue weighted by molar-refractivity contribution is 6.17. The molecule has 3 aromatic heterocycles. The molecular weight excluding hydrogens is 576 g/mol. The smallest absolute Gasteiger partial charge is 0.228 e. The average Bonchev–Trinajstić information content (AvgIpc) is 3.53. The largest absolute Gasteiger partial charge is 0.438 e. The molecule has 5 heteroatoms. The van der Waals surface area contributed by atoms with Crippen molar-refractivity contribution in [2.24, 2.45) is 0 Å². The van der Waals surface area contributed by atoms with Crippen LogP contribution in [0.5, 0.6) is 0 Å². The van der Waals surface area contributed by atoms with Gasteiger partial charge in [0.2, 0.25) is 5.71 Å². The molecule has 0 aliphatic rings. The standard InChI is InChI=1S/C42H24N4O/c1-2-9-28-23-29(15-13-25(28)7-1)39-44-40(46-41(45-39)35-21-22-43-42-38(35)34-11-5-6-12-37(34)47-42)30-16-14-27-18-19-32-31-10-4-3-8-26(31)17-20-33(32)36(27)24-30/h1-24H. The lowest BCUT2D eigenvalue weighted by Crippen LogP contribution is -2.00. The summed E-state index contributed by atoms with van der Waals surface area (Å²) in [6.45, 7) is 0. The molecule has 0 saturated heterocycles. The lowest BCUT2D eigenvalue weighted by molar-refractivity contribution is 0.654. The molecule has 10 rings (SSSR count). The molecular formula is C42H24N4O. The van der Waals surface area contributed by atoms with Crippen molar-refractivity contribution >= 4 is 65.2 Å². The number of pyridine rings is 1. The molecule has 0 radical (unpaired) electrons. The van der Waals surface area contributed by atoms with Crippen LogP contribution >= 0.6 is 0 Å². The molecule has 218 valence electrons. The zero-order chi connectivity index (χ0) is 30.9. The number of hydrogen-bond donors (Lipinski definition) is 0. The Labute approximate surface area is 268 Å². The fraction of sp³-hybridized carbons (Fsp3) is 0. The first kappa shape index (κ1) is 25.8. The first-order chi connectivity index (χ1) is 23.3. The number of hydrogen-bond acceptors (Lipinski definition) is 5. The molecule has 10 aromatic rings. The highest BCUT2D eigenvalue weighted by Crippen LogP contribution is 2.37. The summed E-state index contributed by atoms with van der Waals surface area (Å²) in [7, 11) is 0. The Balaban J connectivity index is 1.24. The topological polar surface area (TPSA) is 64.7 Å². The molecule has 0 aliphatic heterocycles. The fourth-order valence-electron chi connectivity index (χ4n) is 6.87. The van der Waals surface area contributed by atoms with E-state index in [-0.39, 0.29) is 0 Å². The summed E-state index contributed by atoms with van der Waals surface area (Å²) in [5, 5.41) is 11.4. The summed E-state index contributed by atoms with van der Waals surface area (Å²) < 4.78 is 6.13. The van der Waals surface area contributed by atoms with Gasteiger partial charge in [0.05, 0.1) is 5.39 Å². The van der Waals surface area contributed by atoms with E-state index in [4.69, 9.17) is 19.4 Å². The van der Waals surface area contributed by atoms with Gasteiger partial charge < -0.3 is 4.42 Å². The van der Waals surface area contributed by atoms with Crippen LogP contribution in [-0.2, 0) is 0 Å². The van der Waals surface area contributed by atoms with Gasteiger partial charge in [0, 0.05) is 28.3 Å². The van der Waals surface area contributed by atoms with E-state index in [1.54, 1.807) is 6.20 Å². The number of nitrogens with zero attached hydrogens (tertiary/aromatic N) is 4. The molecule has 3 heterocycles. The third-order valence-electron chi connectivity index (χ3n) is 9.17. The highest BCUT2D eigenvalue weighted by Gasteiger charge is 2.19. The number of para-hydroxylation sites is 1. The molecule has 5 nitrogen and oxygen atoms in total. The molecule has 0 spiro atoms. The second kappa shape index (κ2) is 10.0. The fourth-order valence-corrected chi connectivity index (χ4v) is 6.87. The van der Waals surface area contributed by atoms with E-state index in [0.717, 1.165) is 43.8 Å². The van der Waals surface area contributed by atoms with Gasteiger partial charge in [-0.25, -0.2) is 19.9 Å². The van der Waals surface area contributed by atoms with Gasteiger partial charge in [-0.15, -0.1) is 0 Å². The molecule has 0 aliphatic carbocycles. The van der Waals surface area contributed by atoms with Gasteiger partial charge in [-0.2, -0.15) is 0 Å². The van der Waals surface area contributed by atoms with Gasteiger partial charge in [0.15, 0.2) is 17.5 Å². The first-order valence-electron chi connectivity index (χ1n) is 15.6. The lowest BCUT2D eigenvalue weighted by Gasteiger charge is -2.11. The molecule has 0 unspecified atom stereocenters. The van der Waals surface area contributed by atoms with Crippen molar-refractivity contribution < 1.29 is 4.42 Å². The van der Waals surface area contributed by atoms with Gasteiger partial charge in [-0.05, 0) is 67.4 Å². The summed E-state index contributed by atoms with van der Waals surface area (Å²) >= 11 is 0. The van der Waals surface area contributed by atoms with E-state index in [1.165, 1.54) is 32.3 Å². The van der Waals surface area contributed by atoms with Crippen molar-refractivity contribution in [3.63, 3.8) is 0 Å². The third-order valence-corrected chi connectivity index (χ3v) is 9.17. The quantitative estimate of drug-likeness (QED) is 0.189. The van der Waals surface area contributed by atoms with Gasteiger partial charge >= 0.3 is 0 Å². The van der Waals surface area contributed by atoms with Gasteiger partial charge in [-0.3, -0.25) is 0 Å². The van der Waals surface area contributed by atoms with Crippen molar-refractivity contribution in [1.82, 2.24) is 19.9 Å². The molecule has 0 N–H and O–H groups in total. The summed E-state index contributed by atoms with van der Waals surface area (Å²) in [6.07, 6.45) is 1.76. The number of benzene rings is 7. The van der Waals surface area contributed by atoms with Crippen LogP contribution in [0.25, 0.3) is 99.3 Å². The van der Waals surface area contributed by atoms with Crippen LogP contribution in [0.15, 0.2) is 150 Å². The number of furan rings is 1. The molecule has 7 aromatic carbocycles. The van der Waals surface area contributed by atoms with Gasteiger partial charge in [0.25, 0.3) is 0 Å². The first-order valence-corrected chi connectivity index (χ1v) is 15.6. The maximum atomic E-state index is 6.13. The van der Waals surface area contributed by atoms with Crippen molar-refractivity contribution in [2.75, 3.05) is 0 Å². The minimum Gasteiger partial charge on any atom is -0.438 e. The number of fused-ring (bicyclic) bond motifs is 9. The predicted molar refractivity (Wildman–Crippen MR) is 191 cm³/mol. The van der Waals surface area contributed by atoms with Crippen molar-refractivity contribution in [1.29, 1.82) is 0 Å². The normalized spacial score (nSPS) is 11.8. The van der Waals surface area contributed by atoms with E-state index in [2.05, 4.69) is 120 Å². The molecule has 0 bridgehead atoms. The van der Waals surface area contributed by atoms with Crippen LogP contribution in [0.1, 0.15) is 0 Å². The zero-order valence-electron chi connectivity index (χ0n) is 25.1. The number of aromatic nitrogens is 4. The molecule has 0 fully saturated rings. The van der Waals surface area contributed by atoms with E-state index in [0.29, 0.717) is 23.2 Å². The minimum atomic E-state index is 0.558. The van der Waals surface area contributed by atoms with Crippen LogP contribution in [0.3, 0.4) is 0 Å². The van der Waals surface area contributed by atoms with E-state index in [9.17, 15) is 0 Å². The second-order valence-corrected chi connectivity index (χ2v) is 11.9. The Bertz CT molecular complexity index is 2870. The second-order valence-electron chi connectivity index (χ2n) is 11.9. The SMILES string of the molecule is c1ccc2cc(-c3nc(-c4ccc5ccc6c7ccccc7ccc6c5c4)nc(-c4ccnc5oc6ccccc6c45)n3)ccc2c1. The monoisotopic (exact) mass is 600 g/mol. The Kier molecular flexibility index (Phi) is 5.51. The highest BCUT2D eigenvalue weighted by atomic mass is 16.3. The molecule has 47 heavy (non-hydrogen) atoms. The summed E-state index contributed by atoms with van der Waals surface area (Å²) in [4.78, 5) is 19.9. The van der Waals surface area contributed by atoms with Crippen LogP contribution in [0, 0.1) is 0 Å². The maximum absolute atomic E-state index is 6.13. The van der Waals surface area contributed by atoms with Crippen LogP contribution in [0.4, 0.5) is 0 Å². The van der Waals surface area contributed by atoms with Crippen LogP contribution in [0.2, 0.25) is 0 Å². The number of rotatable bonds is 3. The molecule has 0 atom stereocenters. The Morgan fingerprint density at radius 1 is 0.404 bits per heavy atom. The van der Waals surface area contributed by atoms with Gasteiger partial charge in [-0.1, -0.05) is 115 Å². The van der Waals surface area contributed by atoms with E-state index >= 15 is 0 Å². The van der Waals surface area contributed by atoms with Crippen LogP contribution < -0.4 is 0 Å². The minimum absolute atomic E-state index is 0.558. The summed E-state index contributed by atoms with van der Waals surface area (Å²) in [5.74, 6) is 1.79. The van der Waals surface area contributed by atoms with Crippen molar-refractivity contribution in [3.05, 3.63) is 146 Å².